The smallest absolute Gasteiger partial charge is 0.240 e. The third-order valence-electron chi connectivity index (χ3n) is 5.34. The molecule has 0 unspecified atom stereocenters. The monoisotopic (exact) mass is 417 g/mol. The summed E-state index contributed by atoms with van der Waals surface area (Å²) in [6, 6.07) is 7.47. The number of fused-ring (bicyclic) bond motifs is 5. The van der Waals surface area contributed by atoms with Crippen molar-refractivity contribution in [3.05, 3.63) is 41.1 Å². The van der Waals surface area contributed by atoms with Crippen molar-refractivity contribution in [2.24, 2.45) is 11.8 Å². The van der Waals surface area contributed by atoms with Crippen LogP contribution in [0.5, 0.6) is 5.75 Å². The van der Waals surface area contributed by atoms with E-state index < -0.39 is 0 Å². The zero-order chi connectivity index (χ0) is 17.8. The zero-order valence-corrected chi connectivity index (χ0v) is 15.3. The van der Waals surface area contributed by atoms with Crippen LogP contribution in [0.3, 0.4) is 0 Å². The van der Waals surface area contributed by atoms with Crippen molar-refractivity contribution in [2.75, 3.05) is 4.90 Å². The Morgan fingerprint density at radius 2 is 1.77 bits per heavy atom. The summed E-state index contributed by atoms with van der Waals surface area (Å²) in [6.45, 7) is 0.194. The number of nitrogens with zero attached hydrogens (tertiary/aromatic N) is 3. The van der Waals surface area contributed by atoms with Crippen molar-refractivity contribution < 1.29 is 19.1 Å². The predicted octanol–water partition coefficient (Wildman–Crippen LogP) is 2.35. The number of halogens is 1. The van der Waals surface area contributed by atoms with E-state index in [4.69, 9.17) is 9.47 Å². The molecular weight excluding hydrogens is 402 g/mol. The van der Waals surface area contributed by atoms with E-state index in [1.54, 1.807) is 10.9 Å². The molecule has 1 aromatic carbocycles. The van der Waals surface area contributed by atoms with Crippen LogP contribution in [0.2, 0.25) is 0 Å². The van der Waals surface area contributed by atoms with Crippen LogP contribution in [-0.2, 0) is 21.1 Å². The van der Waals surface area contributed by atoms with Crippen molar-refractivity contribution in [3.63, 3.8) is 0 Å². The highest BCUT2D eigenvalue weighted by Gasteiger charge is 2.62. The highest BCUT2D eigenvalue weighted by atomic mass is 79.9. The molecule has 0 aliphatic carbocycles. The summed E-state index contributed by atoms with van der Waals surface area (Å²) in [5.41, 5.74) is 0.494. The van der Waals surface area contributed by atoms with Crippen molar-refractivity contribution >= 4 is 33.4 Å². The van der Waals surface area contributed by atoms with Crippen LogP contribution in [0.4, 0.5) is 5.69 Å². The van der Waals surface area contributed by atoms with Gasteiger partial charge in [0.25, 0.3) is 0 Å². The van der Waals surface area contributed by atoms with E-state index in [0.29, 0.717) is 11.4 Å². The molecule has 3 fully saturated rings. The zero-order valence-electron chi connectivity index (χ0n) is 13.7. The number of ether oxygens (including phenoxy) is 2. The standard InChI is InChI=1S/C18H16BrN3O4/c19-10-1-3-12(4-2-10)25-9-21-8-11(7-20-21)22-17(23)15-13-5-6-14(26-13)16(15)18(22)24/h1-4,7-8,13-16H,5-6,9H2/t13-,14-,15-,16+/m0/s1. The van der Waals surface area contributed by atoms with Gasteiger partial charge in [-0.3, -0.25) is 9.59 Å². The second-order valence-corrected chi connectivity index (χ2v) is 7.73. The molecule has 0 radical (unpaired) electrons. The van der Waals surface area contributed by atoms with Gasteiger partial charge in [-0.15, -0.1) is 0 Å². The quantitative estimate of drug-likeness (QED) is 0.713. The molecule has 1 aromatic heterocycles. The van der Waals surface area contributed by atoms with Gasteiger partial charge in [0.15, 0.2) is 6.73 Å². The van der Waals surface area contributed by atoms with Crippen LogP contribution in [0.1, 0.15) is 12.8 Å². The topological polar surface area (TPSA) is 73.7 Å². The molecule has 2 aromatic rings. The molecule has 4 heterocycles. The van der Waals surface area contributed by atoms with Crippen LogP contribution in [0.25, 0.3) is 0 Å². The van der Waals surface area contributed by atoms with Gasteiger partial charge in [0.2, 0.25) is 11.8 Å². The van der Waals surface area contributed by atoms with E-state index in [1.807, 2.05) is 24.3 Å². The molecule has 4 atom stereocenters. The largest absolute Gasteiger partial charge is 0.471 e. The summed E-state index contributed by atoms with van der Waals surface area (Å²) in [5.74, 6) is -0.282. The van der Waals surface area contributed by atoms with Gasteiger partial charge in [0, 0.05) is 4.47 Å². The molecule has 0 saturated carbocycles. The summed E-state index contributed by atoms with van der Waals surface area (Å²) in [4.78, 5) is 26.8. The number of benzene rings is 1. The molecule has 0 N–H and O–H groups in total. The Kier molecular flexibility index (Phi) is 3.65. The van der Waals surface area contributed by atoms with Crippen LogP contribution >= 0.6 is 15.9 Å². The second-order valence-electron chi connectivity index (χ2n) is 6.82. The lowest BCUT2D eigenvalue weighted by Gasteiger charge is -2.15. The summed E-state index contributed by atoms with van der Waals surface area (Å²) in [6.07, 6.45) is 4.70. The number of aromatic nitrogens is 2. The highest BCUT2D eigenvalue weighted by molar-refractivity contribution is 9.10. The summed E-state index contributed by atoms with van der Waals surface area (Å²) >= 11 is 3.38. The number of hydrogen-bond acceptors (Lipinski definition) is 5. The van der Waals surface area contributed by atoms with Gasteiger partial charge in [-0.05, 0) is 37.1 Å². The van der Waals surface area contributed by atoms with Gasteiger partial charge >= 0.3 is 0 Å². The number of amides is 2. The van der Waals surface area contributed by atoms with Crippen LogP contribution < -0.4 is 9.64 Å². The lowest BCUT2D eigenvalue weighted by atomic mass is 9.81. The number of rotatable bonds is 4. The maximum atomic E-state index is 12.8. The third-order valence-corrected chi connectivity index (χ3v) is 5.87. The van der Waals surface area contributed by atoms with Gasteiger partial charge in [0.1, 0.15) is 5.75 Å². The van der Waals surface area contributed by atoms with Gasteiger partial charge in [-0.25, -0.2) is 9.58 Å². The summed E-state index contributed by atoms with van der Waals surface area (Å²) in [7, 11) is 0. The Morgan fingerprint density at radius 3 is 2.42 bits per heavy atom. The first-order valence-electron chi connectivity index (χ1n) is 8.56. The van der Waals surface area contributed by atoms with Gasteiger partial charge in [0.05, 0.1) is 42.1 Å². The normalized spacial score (nSPS) is 29.5. The molecule has 3 saturated heterocycles. The Labute approximate surface area is 158 Å². The fourth-order valence-electron chi connectivity index (χ4n) is 4.18. The van der Waals surface area contributed by atoms with E-state index in [0.717, 1.165) is 17.3 Å². The van der Waals surface area contributed by atoms with E-state index in [1.165, 1.54) is 11.1 Å². The fourth-order valence-corrected chi connectivity index (χ4v) is 4.44. The molecule has 7 nitrogen and oxygen atoms in total. The number of carbonyl (C=O) groups is 2. The molecule has 26 heavy (non-hydrogen) atoms. The minimum Gasteiger partial charge on any atom is -0.471 e. The molecule has 3 aliphatic heterocycles. The predicted molar refractivity (Wildman–Crippen MR) is 94.4 cm³/mol. The maximum Gasteiger partial charge on any atom is 0.240 e. The minimum atomic E-state index is -0.330. The Morgan fingerprint density at radius 1 is 1.12 bits per heavy atom. The highest BCUT2D eigenvalue weighted by Crippen LogP contribution is 2.49. The summed E-state index contributed by atoms with van der Waals surface area (Å²) < 4.78 is 14.0. The summed E-state index contributed by atoms with van der Waals surface area (Å²) in [5, 5.41) is 4.21. The first kappa shape index (κ1) is 16.0. The number of anilines is 1. The second kappa shape index (κ2) is 5.92. The van der Waals surface area contributed by atoms with Crippen LogP contribution in [0.15, 0.2) is 41.1 Å². The van der Waals surface area contributed by atoms with Crippen LogP contribution in [0, 0.1) is 11.8 Å². The average molecular weight is 418 g/mol. The molecule has 2 amide bonds. The lowest BCUT2D eigenvalue weighted by Crippen LogP contribution is -2.34. The molecule has 5 rings (SSSR count). The van der Waals surface area contributed by atoms with Gasteiger partial charge in [-0.1, -0.05) is 15.9 Å². The van der Waals surface area contributed by atoms with E-state index in [-0.39, 0.29) is 42.6 Å². The molecule has 134 valence electrons. The van der Waals surface area contributed by atoms with Crippen molar-refractivity contribution in [1.29, 1.82) is 0 Å². The van der Waals surface area contributed by atoms with Gasteiger partial charge < -0.3 is 9.47 Å². The van der Waals surface area contributed by atoms with Crippen LogP contribution in [-0.4, -0.2) is 33.8 Å². The number of hydrogen-bond donors (Lipinski definition) is 0. The first-order chi connectivity index (χ1) is 12.6. The molecule has 2 bridgehead atoms. The first-order valence-corrected chi connectivity index (χ1v) is 9.35. The SMILES string of the molecule is O=C1[C@@H]2[C@H](C(=O)N1c1cnn(COc3ccc(Br)cc3)c1)[C@@H]1CC[C@@H]2O1. The minimum absolute atomic E-state index is 0.109. The molecule has 8 heteroatoms. The number of carbonyl (C=O) groups excluding carboxylic acids is 2. The van der Waals surface area contributed by atoms with Crippen molar-refractivity contribution in [3.8, 4) is 5.75 Å². The van der Waals surface area contributed by atoms with Gasteiger partial charge in [-0.2, -0.15) is 5.10 Å². The Balaban J connectivity index is 1.31. The van der Waals surface area contributed by atoms with E-state index in [9.17, 15) is 9.59 Å². The van der Waals surface area contributed by atoms with E-state index in [2.05, 4.69) is 21.0 Å². The maximum absolute atomic E-state index is 12.8. The van der Waals surface area contributed by atoms with E-state index >= 15 is 0 Å². The number of imide groups is 1. The Bertz CT molecular complexity index is 853. The van der Waals surface area contributed by atoms with Crippen molar-refractivity contribution in [2.45, 2.75) is 31.8 Å². The molecular formula is C18H16BrN3O4. The third kappa shape index (κ3) is 2.39. The Hall–Kier alpha value is -2.19. The molecule has 0 spiro atoms. The van der Waals surface area contributed by atoms with Crippen molar-refractivity contribution in [1.82, 2.24) is 9.78 Å². The lowest BCUT2D eigenvalue weighted by molar-refractivity contribution is -0.124. The average Bonchev–Trinajstić information content (AvgIpc) is 3.39. The molecule has 3 aliphatic rings. The fraction of sp³-hybridized carbons (Fsp3) is 0.389.